The summed E-state index contributed by atoms with van der Waals surface area (Å²) in [5.74, 6) is 0.634. The predicted molar refractivity (Wildman–Crippen MR) is 356 cm³/mol. The van der Waals surface area contributed by atoms with Gasteiger partial charge in [0, 0.05) is 41.9 Å². The highest BCUT2D eigenvalue weighted by atomic mass is 32.2. The van der Waals surface area contributed by atoms with Crippen molar-refractivity contribution in [3.8, 4) is 56.6 Å². The molecule has 6 heterocycles. The van der Waals surface area contributed by atoms with Crippen LogP contribution in [0.25, 0.3) is 67.6 Å². The van der Waals surface area contributed by atoms with Gasteiger partial charge in [-0.2, -0.15) is 54.8 Å². The van der Waals surface area contributed by atoms with E-state index in [4.69, 9.17) is 20.2 Å². The Hall–Kier alpha value is -9.96. The number of nitrogens with zero attached hydrogens (tertiary/aromatic N) is 10. The molecule has 0 bridgehead atoms. The van der Waals surface area contributed by atoms with E-state index >= 15 is 0 Å². The van der Waals surface area contributed by atoms with E-state index in [2.05, 4.69) is 30.3 Å². The number of methoxy groups -OCH3 is 1. The topological polar surface area (TPSA) is 283 Å². The van der Waals surface area contributed by atoms with Gasteiger partial charge >= 0.3 is 18.5 Å². The highest BCUT2D eigenvalue weighted by Gasteiger charge is 2.39. The Morgan fingerprint density at radius 3 is 1.11 bits per heavy atom. The number of hydrogen-bond donors (Lipinski definition) is 3. The maximum atomic E-state index is 13.7. The summed E-state index contributed by atoms with van der Waals surface area (Å²) in [7, 11) is -6.68. The van der Waals surface area contributed by atoms with Gasteiger partial charge in [0.2, 0.25) is 30.1 Å². The molecule has 6 aromatic carbocycles. The van der Waals surface area contributed by atoms with Crippen molar-refractivity contribution >= 4 is 65.4 Å². The normalized spacial score (nSPS) is 14.8. The predicted octanol–water partition coefficient (Wildman–Crippen LogP) is 12.0. The van der Waals surface area contributed by atoms with E-state index in [-0.39, 0.29) is 49.1 Å². The molecule has 0 unspecified atom stereocenters. The van der Waals surface area contributed by atoms with Crippen LogP contribution in [0.15, 0.2) is 193 Å². The third-order valence-electron chi connectivity index (χ3n) is 16.0. The first-order chi connectivity index (χ1) is 46.6. The smallest absolute Gasteiger partial charge is 0.435 e. The van der Waals surface area contributed by atoms with Crippen LogP contribution in [0, 0.1) is 0 Å². The number of benzene rings is 6. The fraction of sp³-hybridized carbons (Fsp3) is 0.194. The third kappa shape index (κ3) is 16.1. The molecule has 9 aromatic rings. The first-order valence-electron chi connectivity index (χ1n) is 29.7. The Kier molecular flexibility index (Phi) is 19.5. The van der Waals surface area contributed by atoms with Crippen molar-refractivity contribution in [3.63, 3.8) is 0 Å². The molecule has 99 heavy (non-hydrogen) atoms. The number of halogens is 9. The zero-order valence-electron chi connectivity index (χ0n) is 52.3. The highest BCUT2D eigenvalue weighted by molar-refractivity contribution is 7.89. The van der Waals surface area contributed by atoms with Gasteiger partial charge in [0.05, 0.1) is 75.6 Å². The zero-order chi connectivity index (χ0) is 71.1. The van der Waals surface area contributed by atoms with Crippen molar-refractivity contribution < 1.29 is 69.5 Å². The number of hydrogen-bond acceptors (Lipinski definition) is 14. The maximum absolute atomic E-state index is 13.7. The number of ether oxygens (including phenoxy) is 1. The Bertz CT molecular complexity index is 5150. The first-order valence-corrected chi connectivity index (χ1v) is 34.4. The van der Waals surface area contributed by atoms with E-state index in [1.54, 1.807) is 36.8 Å². The van der Waals surface area contributed by atoms with Gasteiger partial charge in [0.25, 0.3) is 0 Å². The maximum Gasteiger partial charge on any atom is 0.435 e. The van der Waals surface area contributed by atoms with Crippen LogP contribution in [0.5, 0.6) is 5.75 Å². The van der Waals surface area contributed by atoms with E-state index in [0.29, 0.717) is 54.3 Å². The minimum Gasteiger partial charge on any atom is -0.496 e. The number of allylic oxidation sites excluding steroid dienone is 3. The summed E-state index contributed by atoms with van der Waals surface area (Å²) in [6, 6.07) is 35.2. The van der Waals surface area contributed by atoms with Gasteiger partial charge in [-0.05, 0) is 211 Å². The summed E-state index contributed by atoms with van der Waals surface area (Å²) >= 11 is 0. The van der Waals surface area contributed by atoms with Gasteiger partial charge in [0.1, 0.15) is 5.75 Å². The van der Waals surface area contributed by atoms with Crippen molar-refractivity contribution in [1.29, 1.82) is 0 Å². The molecule has 514 valence electrons. The number of sulfonamides is 3. The molecule has 4 aliphatic rings. The molecule has 1 fully saturated rings. The van der Waals surface area contributed by atoms with Crippen LogP contribution in [0.2, 0.25) is 0 Å². The minimum absolute atomic E-state index is 0.124. The monoisotopic (exact) mass is 1420 g/mol. The first kappa shape index (κ1) is 70.4. The SMILES string of the molecule is CN(C)Cc1ccc(C2=CC=NC2)cc1-c1cc(C(F)(F)F)nn1-c1ccc(S(N)(=O)=O)cc1.COc1ccc(C2=CC=NC2)cc1-c1cc(C(F)(F)F)nn1-c1ccc(S(N)(=O)=O)cc1.NS(=O)(=O)c1ccc(-n2nc(C(F)(F)F)cc2-c2cc(C3=CC=NC3)ccc2C2CC2)cc1. The van der Waals surface area contributed by atoms with Crippen LogP contribution >= 0.6 is 0 Å². The van der Waals surface area contributed by atoms with Crippen LogP contribution in [0.1, 0.15) is 63.7 Å². The molecule has 13 rings (SSSR count). The summed E-state index contributed by atoms with van der Waals surface area (Å²) < 4.78 is 201. The quantitative estimate of drug-likeness (QED) is 0.0764. The zero-order valence-corrected chi connectivity index (χ0v) is 54.8. The number of alkyl halides is 9. The molecule has 1 saturated carbocycles. The summed E-state index contributed by atoms with van der Waals surface area (Å²) in [5.41, 5.74) is 7.03. The van der Waals surface area contributed by atoms with E-state index in [9.17, 15) is 64.8 Å². The Labute approximate surface area is 561 Å². The van der Waals surface area contributed by atoms with Crippen LogP contribution in [-0.2, 0) is 55.1 Å². The second-order valence-electron chi connectivity index (χ2n) is 23.2. The van der Waals surface area contributed by atoms with E-state index in [0.717, 1.165) is 80.3 Å². The fourth-order valence-electron chi connectivity index (χ4n) is 11.0. The van der Waals surface area contributed by atoms with E-state index in [1.807, 2.05) is 73.6 Å². The molecular weight excluding hydrogens is 1370 g/mol. The van der Waals surface area contributed by atoms with Gasteiger partial charge in [0.15, 0.2) is 17.1 Å². The van der Waals surface area contributed by atoms with E-state index in [1.165, 1.54) is 89.3 Å². The average Bonchev–Trinajstić information content (AvgIpc) is 1.65. The summed E-state index contributed by atoms with van der Waals surface area (Å²) in [6.07, 6.45) is -1.38. The van der Waals surface area contributed by atoms with Crippen molar-refractivity contribution in [1.82, 2.24) is 34.2 Å². The van der Waals surface area contributed by atoms with Gasteiger partial charge in [-0.25, -0.2) is 54.7 Å². The van der Waals surface area contributed by atoms with Crippen molar-refractivity contribution in [2.24, 2.45) is 30.4 Å². The molecule has 3 aliphatic heterocycles. The molecule has 0 spiro atoms. The van der Waals surface area contributed by atoms with Crippen LogP contribution in [-0.4, -0.2) is 119 Å². The lowest BCUT2D eigenvalue weighted by Gasteiger charge is -2.17. The number of primary sulfonamides is 3. The molecule has 0 saturated heterocycles. The largest absolute Gasteiger partial charge is 0.496 e. The van der Waals surface area contributed by atoms with Crippen LogP contribution < -0.4 is 20.2 Å². The fourth-order valence-corrected chi connectivity index (χ4v) is 12.5. The van der Waals surface area contributed by atoms with Gasteiger partial charge in [-0.1, -0.05) is 30.3 Å². The number of nitrogens with two attached hydrogens (primary N) is 3. The number of aromatic nitrogens is 6. The lowest BCUT2D eigenvalue weighted by Crippen LogP contribution is -2.13. The highest BCUT2D eigenvalue weighted by Crippen LogP contribution is 2.47. The number of aliphatic imine (C=N–C) groups is 3. The lowest BCUT2D eigenvalue weighted by molar-refractivity contribution is -0.142. The van der Waals surface area contributed by atoms with Crippen LogP contribution in [0.4, 0.5) is 39.5 Å². The third-order valence-corrected chi connectivity index (χ3v) is 18.8. The molecule has 20 nitrogen and oxygen atoms in total. The number of rotatable bonds is 16. The van der Waals surface area contributed by atoms with Gasteiger partial charge < -0.3 is 9.64 Å². The molecule has 0 radical (unpaired) electrons. The molecule has 0 atom stereocenters. The van der Waals surface area contributed by atoms with Crippen molar-refractivity contribution in [2.45, 2.75) is 58.5 Å². The van der Waals surface area contributed by atoms with Crippen molar-refractivity contribution in [3.05, 3.63) is 209 Å². The summed E-state index contributed by atoms with van der Waals surface area (Å²) in [5, 5.41) is 26.8. The molecular formula is C67H58F9N13O7S3. The second kappa shape index (κ2) is 27.4. The van der Waals surface area contributed by atoms with Gasteiger partial charge in [-0.15, -0.1) is 0 Å². The minimum atomic E-state index is -4.69. The van der Waals surface area contributed by atoms with E-state index < -0.39 is 65.7 Å². The molecule has 32 heteroatoms. The Morgan fingerprint density at radius 1 is 0.455 bits per heavy atom. The standard InChI is InChI=1S/C23H22F3N5O2S.C23H19F3N4O2S.C21H17F3N4O3S/c1-30(2)14-17-4-3-15(16-9-10-28-13-16)11-20(17)21-12-22(23(24,25)26)29-31(21)18-5-7-19(8-6-18)34(27,32)33;24-23(25,26)22-12-21(30(29-22)17-4-6-18(7-5-17)33(27,31)32)20-11-15(16-9-10-28-13-16)3-8-19(20)14-1-2-14;1-31-19-7-2-13(14-8-9-26-12-14)10-17(19)18-11-20(21(22,23)24)27-28(18)15-3-5-16(6-4-15)32(25,29)30/h3-12H,13-14H2,1-2H3,(H2,27,32,33);3-12,14H,1-2,13H2,(H2,27,31,32);2-11H,12H2,1H3,(H2,25,29,30). The molecule has 0 amide bonds. The molecule has 6 N–H and O–H groups in total. The Morgan fingerprint density at radius 2 is 0.788 bits per heavy atom. The average molecular weight is 1420 g/mol. The van der Waals surface area contributed by atoms with Crippen LogP contribution in [0.3, 0.4) is 0 Å². The molecule has 3 aromatic heterocycles. The summed E-state index contributed by atoms with van der Waals surface area (Å²) in [6.45, 7) is 1.97. The van der Waals surface area contributed by atoms with Crippen molar-refractivity contribution in [2.75, 3.05) is 40.8 Å². The molecule has 1 aliphatic carbocycles. The second-order valence-corrected chi connectivity index (χ2v) is 27.9. The van der Waals surface area contributed by atoms with Gasteiger partial charge in [-0.3, -0.25) is 15.0 Å². The summed E-state index contributed by atoms with van der Waals surface area (Å²) in [4.78, 5) is 14.0. The Balaban J connectivity index is 0.000000150. The lowest BCUT2D eigenvalue weighted by atomic mass is 9.94.